The summed E-state index contributed by atoms with van der Waals surface area (Å²) in [6, 6.07) is 8.68. The Morgan fingerprint density at radius 1 is 1.06 bits per heavy atom. The molecule has 1 amide bonds. The number of ketones is 1. The van der Waals surface area contributed by atoms with Crippen molar-refractivity contribution >= 4 is 29.4 Å². The number of amides is 1. The van der Waals surface area contributed by atoms with Gasteiger partial charge < -0.3 is 23.8 Å². The lowest BCUT2D eigenvalue weighted by atomic mass is 9.82. The molecule has 0 atom stereocenters. The van der Waals surface area contributed by atoms with E-state index in [1.807, 2.05) is 0 Å². The third-order valence-electron chi connectivity index (χ3n) is 6.14. The van der Waals surface area contributed by atoms with Crippen LogP contribution >= 0.6 is 11.6 Å². The average molecular weight is 472 g/mol. The lowest BCUT2D eigenvalue weighted by Gasteiger charge is -2.43. The molecule has 2 heterocycles. The van der Waals surface area contributed by atoms with Crippen LogP contribution in [0.2, 0.25) is 5.02 Å². The fourth-order valence-corrected chi connectivity index (χ4v) is 4.52. The first-order valence-electron chi connectivity index (χ1n) is 10.7. The summed E-state index contributed by atoms with van der Waals surface area (Å²) in [5.41, 5.74) is 0.706. The van der Waals surface area contributed by atoms with E-state index in [1.54, 1.807) is 62.6 Å². The largest absolute Gasteiger partial charge is 0.493 e. The smallest absolute Gasteiger partial charge is 0.246 e. The minimum Gasteiger partial charge on any atom is -0.493 e. The number of fused-ring (bicyclic) bond motifs is 1. The van der Waals surface area contributed by atoms with Crippen LogP contribution in [-0.4, -0.2) is 56.6 Å². The molecule has 174 valence electrons. The van der Waals surface area contributed by atoms with Gasteiger partial charge in [-0.1, -0.05) is 11.6 Å². The molecule has 0 saturated carbocycles. The first-order chi connectivity index (χ1) is 15.9. The van der Waals surface area contributed by atoms with Gasteiger partial charge in [0.25, 0.3) is 0 Å². The van der Waals surface area contributed by atoms with E-state index in [0.717, 1.165) is 5.56 Å². The Hall–Kier alpha value is -3.19. The van der Waals surface area contributed by atoms with Crippen LogP contribution in [0.15, 0.2) is 36.4 Å². The molecule has 0 N–H and O–H groups in total. The lowest BCUT2D eigenvalue weighted by molar-refractivity contribution is -0.129. The molecule has 1 fully saturated rings. The van der Waals surface area contributed by atoms with E-state index in [4.69, 9.17) is 30.5 Å². The van der Waals surface area contributed by atoms with Crippen molar-refractivity contribution < 1.29 is 28.5 Å². The van der Waals surface area contributed by atoms with Crippen molar-refractivity contribution in [1.29, 1.82) is 0 Å². The number of carbonyl (C=O) groups excluding carboxylic acids is 2. The molecule has 2 aromatic carbocycles. The zero-order valence-corrected chi connectivity index (χ0v) is 19.6. The Bertz CT molecular complexity index is 1080. The van der Waals surface area contributed by atoms with E-state index < -0.39 is 5.60 Å². The molecular weight excluding hydrogens is 446 g/mol. The third-order valence-corrected chi connectivity index (χ3v) is 6.38. The number of methoxy groups -OCH3 is 3. The number of carbonyl (C=O) groups is 2. The van der Waals surface area contributed by atoms with Crippen LogP contribution < -0.4 is 18.9 Å². The number of ether oxygens (including phenoxy) is 4. The van der Waals surface area contributed by atoms with Gasteiger partial charge in [-0.3, -0.25) is 9.59 Å². The molecule has 0 aromatic heterocycles. The number of likely N-dealkylation sites (tertiary alicyclic amines) is 1. The SMILES string of the molecule is COc1cc(/C=C/C(=O)N2CCC3(CC2)CC(=O)c2cc(Cl)ccc2O3)cc(OC)c1OC. The van der Waals surface area contributed by atoms with Crippen LogP contribution in [0.4, 0.5) is 0 Å². The Morgan fingerprint density at radius 2 is 1.73 bits per heavy atom. The van der Waals surface area contributed by atoms with Gasteiger partial charge >= 0.3 is 0 Å². The molecule has 7 nitrogen and oxygen atoms in total. The van der Waals surface area contributed by atoms with Crippen LogP contribution in [0, 0.1) is 0 Å². The van der Waals surface area contributed by atoms with E-state index in [2.05, 4.69) is 0 Å². The highest BCUT2D eigenvalue weighted by Crippen LogP contribution is 2.41. The number of hydrogen-bond acceptors (Lipinski definition) is 6. The quantitative estimate of drug-likeness (QED) is 0.601. The predicted octanol–water partition coefficient (Wildman–Crippen LogP) is 4.41. The second kappa shape index (κ2) is 9.35. The monoisotopic (exact) mass is 471 g/mol. The maximum atomic E-state index is 12.8. The minimum atomic E-state index is -0.574. The van der Waals surface area contributed by atoms with E-state index in [9.17, 15) is 9.59 Å². The van der Waals surface area contributed by atoms with Crippen molar-refractivity contribution in [3.8, 4) is 23.0 Å². The Morgan fingerprint density at radius 3 is 2.33 bits per heavy atom. The molecule has 8 heteroatoms. The topological polar surface area (TPSA) is 74.3 Å². The zero-order chi connectivity index (χ0) is 23.6. The van der Waals surface area contributed by atoms with Crippen molar-refractivity contribution in [3.05, 3.63) is 52.6 Å². The van der Waals surface area contributed by atoms with Gasteiger partial charge in [0.15, 0.2) is 17.3 Å². The molecule has 0 bridgehead atoms. The second-order valence-corrected chi connectivity index (χ2v) is 8.58. The Labute approximate surface area is 197 Å². The molecule has 1 spiro atoms. The van der Waals surface area contributed by atoms with Gasteiger partial charge in [-0.2, -0.15) is 0 Å². The summed E-state index contributed by atoms with van der Waals surface area (Å²) in [6.07, 6.45) is 4.72. The van der Waals surface area contributed by atoms with Gasteiger partial charge in [0.05, 0.1) is 33.3 Å². The summed E-state index contributed by atoms with van der Waals surface area (Å²) in [6.45, 7) is 1.02. The van der Waals surface area contributed by atoms with Crippen molar-refractivity contribution in [2.24, 2.45) is 0 Å². The van der Waals surface area contributed by atoms with Gasteiger partial charge in [-0.05, 0) is 42.0 Å². The minimum absolute atomic E-state index is 0.0285. The molecule has 4 rings (SSSR count). The highest BCUT2D eigenvalue weighted by atomic mass is 35.5. The van der Waals surface area contributed by atoms with E-state index in [0.29, 0.717) is 65.9 Å². The predicted molar refractivity (Wildman–Crippen MR) is 125 cm³/mol. The summed E-state index contributed by atoms with van der Waals surface area (Å²) in [5.74, 6) is 2.02. The fourth-order valence-electron chi connectivity index (χ4n) is 4.35. The molecule has 0 unspecified atom stereocenters. The van der Waals surface area contributed by atoms with Crippen molar-refractivity contribution in [3.63, 3.8) is 0 Å². The molecule has 2 aliphatic rings. The van der Waals surface area contributed by atoms with E-state index in [-0.39, 0.29) is 11.7 Å². The number of benzene rings is 2. The maximum absolute atomic E-state index is 12.8. The summed E-state index contributed by atoms with van der Waals surface area (Å²) in [4.78, 5) is 27.2. The summed E-state index contributed by atoms with van der Waals surface area (Å²) in [7, 11) is 4.63. The average Bonchev–Trinajstić information content (AvgIpc) is 2.82. The number of hydrogen-bond donors (Lipinski definition) is 0. The number of nitrogens with zero attached hydrogens (tertiary/aromatic N) is 1. The molecule has 2 aromatic rings. The van der Waals surface area contributed by atoms with Crippen LogP contribution in [0.3, 0.4) is 0 Å². The van der Waals surface area contributed by atoms with Crippen LogP contribution in [0.1, 0.15) is 35.2 Å². The van der Waals surface area contributed by atoms with Gasteiger partial charge in [0.1, 0.15) is 11.4 Å². The van der Waals surface area contributed by atoms with Crippen molar-refractivity contribution in [2.75, 3.05) is 34.4 Å². The van der Waals surface area contributed by atoms with Gasteiger partial charge in [0.2, 0.25) is 11.7 Å². The van der Waals surface area contributed by atoms with Crippen molar-refractivity contribution in [1.82, 2.24) is 4.90 Å². The normalized spacial score (nSPS) is 17.0. The summed E-state index contributed by atoms with van der Waals surface area (Å²) >= 11 is 6.02. The zero-order valence-electron chi connectivity index (χ0n) is 18.9. The number of rotatable bonds is 5. The Balaban J connectivity index is 1.43. The van der Waals surface area contributed by atoms with Gasteiger partial charge in [0, 0.05) is 37.0 Å². The third kappa shape index (κ3) is 4.64. The van der Waals surface area contributed by atoms with Gasteiger partial charge in [-0.25, -0.2) is 0 Å². The first kappa shape index (κ1) is 23.0. The maximum Gasteiger partial charge on any atom is 0.246 e. The molecule has 1 saturated heterocycles. The molecule has 33 heavy (non-hydrogen) atoms. The highest BCUT2D eigenvalue weighted by Gasteiger charge is 2.43. The first-order valence-corrected chi connectivity index (χ1v) is 11.0. The Kier molecular flexibility index (Phi) is 6.51. The van der Waals surface area contributed by atoms with Crippen LogP contribution in [0.25, 0.3) is 6.08 Å². The molecular formula is C25H26ClNO6. The fraction of sp³-hybridized carbons (Fsp3) is 0.360. The standard InChI is InChI=1S/C25H26ClNO6/c1-30-21-12-16(13-22(31-2)24(21)32-3)4-7-23(29)27-10-8-25(9-11-27)15-19(28)18-14-17(26)5-6-20(18)33-25/h4-7,12-14H,8-11,15H2,1-3H3/b7-4+. The molecule has 0 aliphatic carbocycles. The van der Waals surface area contributed by atoms with E-state index in [1.165, 1.54) is 6.08 Å². The van der Waals surface area contributed by atoms with E-state index >= 15 is 0 Å². The van der Waals surface area contributed by atoms with Gasteiger partial charge in [-0.15, -0.1) is 0 Å². The number of piperidine rings is 1. The molecule has 0 radical (unpaired) electrons. The van der Waals surface area contributed by atoms with Crippen LogP contribution in [-0.2, 0) is 4.79 Å². The summed E-state index contributed by atoms with van der Waals surface area (Å²) in [5, 5.41) is 0.515. The van der Waals surface area contributed by atoms with Crippen molar-refractivity contribution in [2.45, 2.75) is 24.9 Å². The number of halogens is 1. The lowest BCUT2D eigenvalue weighted by Crippen LogP contribution is -2.52. The molecule has 2 aliphatic heterocycles. The van der Waals surface area contributed by atoms with Crippen LogP contribution in [0.5, 0.6) is 23.0 Å². The highest BCUT2D eigenvalue weighted by molar-refractivity contribution is 6.31. The summed E-state index contributed by atoms with van der Waals surface area (Å²) < 4.78 is 22.3. The second-order valence-electron chi connectivity index (χ2n) is 8.14. The number of Topliss-reactive ketones (excluding diaryl/α,β-unsaturated/α-hetero) is 1.